The summed E-state index contributed by atoms with van der Waals surface area (Å²) < 4.78 is 16.4. The molecular weight excluding hydrogens is 330 g/mol. The van der Waals surface area contributed by atoms with Crippen LogP contribution in [0, 0.1) is 5.41 Å². The molecule has 2 N–H and O–H groups in total. The highest BCUT2D eigenvalue weighted by molar-refractivity contribution is 5.85. The quantitative estimate of drug-likeness (QED) is 0.888. The summed E-state index contributed by atoms with van der Waals surface area (Å²) in [5.41, 5.74) is 6.51. The average molecular weight is 354 g/mol. The van der Waals surface area contributed by atoms with Gasteiger partial charge in [-0.2, -0.15) is 4.98 Å². The molecule has 0 spiro atoms. The number of hydrogen-bond acceptors (Lipinski definition) is 6. The molecule has 0 radical (unpaired) electrons. The van der Waals surface area contributed by atoms with Crippen molar-refractivity contribution in [1.82, 2.24) is 10.1 Å². The highest BCUT2D eigenvalue weighted by Crippen LogP contribution is 2.55. The van der Waals surface area contributed by atoms with E-state index in [1.807, 2.05) is 31.2 Å². The first-order chi connectivity index (χ1) is 10.9. The molecule has 2 atom stereocenters. The van der Waals surface area contributed by atoms with E-state index >= 15 is 0 Å². The Morgan fingerprint density at radius 1 is 1.29 bits per heavy atom. The molecule has 6 nitrogen and oxygen atoms in total. The van der Waals surface area contributed by atoms with Crippen LogP contribution in [-0.4, -0.2) is 30.0 Å². The Labute approximate surface area is 148 Å². The summed E-state index contributed by atoms with van der Waals surface area (Å²) in [5.74, 6) is 1.78. The molecule has 0 bridgehead atoms. The van der Waals surface area contributed by atoms with E-state index in [4.69, 9.17) is 19.7 Å². The SMILES string of the molecule is CCOC1CC(N)(c2nc(-c3ccc(OC)cc3)no2)C1(C)C.Cl. The van der Waals surface area contributed by atoms with Crippen molar-refractivity contribution in [2.45, 2.75) is 38.8 Å². The molecule has 3 rings (SSSR count). The lowest BCUT2D eigenvalue weighted by atomic mass is 9.54. The van der Waals surface area contributed by atoms with Gasteiger partial charge in [-0.25, -0.2) is 0 Å². The Morgan fingerprint density at radius 3 is 2.50 bits per heavy atom. The maximum atomic E-state index is 6.56. The van der Waals surface area contributed by atoms with Crippen molar-refractivity contribution in [3.05, 3.63) is 30.2 Å². The van der Waals surface area contributed by atoms with Gasteiger partial charge < -0.3 is 19.7 Å². The van der Waals surface area contributed by atoms with Crippen LogP contribution in [0.4, 0.5) is 0 Å². The molecule has 0 aliphatic heterocycles. The molecule has 132 valence electrons. The fourth-order valence-corrected chi connectivity index (χ4v) is 3.06. The lowest BCUT2D eigenvalue weighted by molar-refractivity contribution is -0.162. The summed E-state index contributed by atoms with van der Waals surface area (Å²) in [6.07, 6.45) is 0.784. The Morgan fingerprint density at radius 2 is 1.96 bits per heavy atom. The predicted octanol–water partition coefficient (Wildman–Crippen LogP) is 3.16. The topological polar surface area (TPSA) is 83.4 Å². The van der Waals surface area contributed by atoms with Gasteiger partial charge >= 0.3 is 0 Å². The van der Waals surface area contributed by atoms with E-state index in [1.165, 1.54) is 0 Å². The summed E-state index contributed by atoms with van der Waals surface area (Å²) in [5, 5.41) is 4.08. The third-order valence-electron chi connectivity index (χ3n) is 4.99. The predicted molar refractivity (Wildman–Crippen MR) is 93.2 cm³/mol. The highest BCUT2D eigenvalue weighted by atomic mass is 35.5. The van der Waals surface area contributed by atoms with Crippen LogP contribution in [-0.2, 0) is 10.3 Å². The van der Waals surface area contributed by atoms with Crippen molar-refractivity contribution in [3.8, 4) is 17.1 Å². The Kier molecular flexibility index (Phi) is 5.22. The molecule has 2 unspecified atom stereocenters. The number of aromatic nitrogens is 2. The van der Waals surface area contributed by atoms with Crippen molar-refractivity contribution >= 4 is 12.4 Å². The van der Waals surface area contributed by atoms with E-state index in [0.29, 0.717) is 24.7 Å². The molecule has 7 heteroatoms. The lowest BCUT2D eigenvalue weighted by Crippen LogP contribution is -2.67. The number of nitrogens with zero attached hydrogens (tertiary/aromatic N) is 2. The summed E-state index contributed by atoms with van der Waals surface area (Å²) >= 11 is 0. The highest BCUT2D eigenvalue weighted by Gasteiger charge is 2.62. The standard InChI is InChI=1S/C17H23N3O3.ClH/c1-5-22-13-10-17(18,16(13,2)3)15-19-14(20-23-15)11-6-8-12(21-4)9-7-11;/h6-9,13H,5,10,18H2,1-4H3;1H. The second kappa shape index (κ2) is 6.70. The van der Waals surface area contributed by atoms with E-state index in [2.05, 4.69) is 24.0 Å². The van der Waals surface area contributed by atoms with Gasteiger partial charge in [0, 0.05) is 24.0 Å². The maximum absolute atomic E-state index is 6.56. The van der Waals surface area contributed by atoms with Crippen LogP contribution in [0.15, 0.2) is 28.8 Å². The smallest absolute Gasteiger partial charge is 0.247 e. The number of benzene rings is 1. The van der Waals surface area contributed by atoms with Gasteiger partial charge in [0.15, 0.2) is 0 Å². The molecule has 1 saturated carbocycles. The van der Waals surface area contributed by atoms with Crippen LogP contribution in [0.1, 0.15) is 33.1 Å². The van der Waals surface area contributed by atoms with Crippen molar-refractivity contribution in [2.75, 3.05) is 13.7 Å². The molecule has 24 heavy (non-hydrogen) atoms. The monoisotopic (exact) mass is 353 g/mol. The first-order valence-corrected chi connectivity index (χ1v) is 7.81. The molecule has 1 aromatic heterocycles. The first kappa shape index (κ1) is 18.7. The van der Waals surface area contributed by atoms with Crippen LogP contribution in [0.5, 0.6) is 5.75 Å². The number of halogens is 1. The van der Waals surface area contributed by atoms with Gasteiger partial charge in [-0.05, 0) is 31.2 Å². The van der Waals surface area contributed by atoms with Crippen LogP contribution in [0.3, 0.4) is 0 Å². The Bertz CT molecular complexity index is 687. The van der Waals surface area contributed by atoms with Crippen molar-refractivity contribution < 1.29 is 14.0 Å². The fourth-order valence-electron chi connectivity index (χ4n) is 3.06. The van der Waals surface area contributed by atoms with Crippen LogP contribution in [0.2, 0.25) is 0 Å². The molecule has 0 amide bonds. The number of rotatable bonds is 5. The van der Waals surface area contributed by atoms with Gasteiger partial charge in [0.2, 0.25) is 11.7 Å². The van der Waals surface area contributed by atoms with Gasteiger partial charge in [0.05, 0.1) is 13.2 Å². The maximum Gasteiger partial charge on any atom is 0.247 e. The molecular formula is C17H24ClN3O3. The van der Waals surface area contributed by atoms with Crippen LogP contribution in [0.25, 0.3) is 11.4 Å². The minimum absolute atomic E-state index is 0. The van der Waals surface area contributed by atoms with Gasteiger partial charge in [0.1, 0.15) is 11.3 Å². The molecule has 2 aromatic rings. The molecule has 1 fully saturated rings. The van der Waals surface area contributed by atoms with Gasteiger partial charge in [-0.1, -0.05) is 19.0 Å². The molecule has 1 aliphatic carbocycles. The normalized spacial score (nSPS) is 24.8. The minimum Gasteiger partial charge on any atom is -0.497 e. The molecule has 1 aromatic carbocycles. The van der Waals surface area contributed by atoms with Gasteiger partial charge in [-0.15, -0.1) is 12.4 Å². The third-order valence-corrected chi connectivity index (χ3v) is 4.99. The van der Waals surface area contributed by atoms with E-state index < -0.39 is 5.54 Å². The fraction of sp³-hybridized carbons (Fsp3) is 0.529. The van der Waals surface area contributed by atoms with E-state index in [9.17, 15) is 0 Å². The summed E-state index contributed by atoms with van der Waals surface area (Å²) in [6, 6.07) is 7.51. The average Bonchev–Trinajstić information content (AvgIpc) is 3.05. The van der Waals surface area contributed by atoms with E-state index in [-0.39, 0.29) is 23.9 Å². The van der Waals surface area contributed by atoms with Crippen molar-refractivity contribution in [3.63, 3.8) is 0 Å². The zero-order valence-corrected chi connectivity index (χ0v) is 15.2. The zero-order valence-electron chi connectivity index (χ0n) is 14.4. The first-order valence-electron chi connectivity index (χ1n) is 7.81. The number of methoxy groups -OCH3 is 1. The number of nitrogens with two attached hydrogens (primary N) is 1. The molecule has 1 aliphatic rings. The van der Waals surface area contributed by atoms with Gasteiger partial charge in [0.25, 0.3) is 0 Å². The van der Waals surface area contributed by atoms with E-state index in [1.54, 1.807) is 7.11 Å². The second-order valence-corrected chi connectivity index (χ2v) is 6.49. The van der Waals surface area contributed by atoms with Crippen molar-refractivity contribution in [2.24, 2.45) is 11.1 Å². The lowest BCUT2D eigenvalue weighted by Gasteiger charge is -2.56. The third kappa shape index (κ3) is 2.79. The second-order valence-electron chi connectivity index (χ2n) is 6.49. The Balaban J connectivity index is 0.00000208. The summed E-state index contributed by atoms with van der Waals surface area (Å²) in [7, 11) is 1.63. The van der Waals surface area contributed by atoms with Gasteiger partial charge in [-0.3, -0.25) is 0 Å². The van der Waals surface area contributed by atoms with Crippen LogP contribution >= 0.6 is 12.4 Å². The summed E-state index contributed by atoms with van der Waals surface area (Å²) in [4.78, 5) is 4.52. The zero-order chi connectivity index (χ0) is 16.7. The van der Waals surface area contributed by atoms with Crippen LogP contribution < -0.4 is 10.5 Å². The Hall–Kier alpha value is -1.63. The van der Waals surface area contributed by atoms with E-state index in [0.717, 1.165) is 11.3 Å². The van der Waals surface area contributed by atoms with Crippen molar-refractivity contribution in [1.29, 1.82) is 0 Å². The molecule has 1 heterocycles. The molecule has 0 saturated heterocycles. The number of ether oxygens (including phenoxy) is 2. The summed E-state index contributed by atoms with van der Waals surface area (Å²) in [6.45, 7) is 6.81. The minimum atomic E-state index is -0.662. The largest absolute Gasteiger partial charge is 0.497 e. The number of hydrogen-bond donors (Lipinski definition) is 1.